The van der Waals surface area contributed by atoms with Gasteiger partial charge in [0.2, 0.25) is 10.0 Å². The van der Waals surface area contributed by atoms with Gasteiger partial charge in [-0.15, -0.1) is 0 Å². The van der Waals surface area contributed by atoms with E-state index < -0.39 is 15.6 Å². The average molecular weight is 600 g/mol. The Bertz CT molecular complexity index is 1990. The Morgan fingerprint density at radius 2 is 1.91 bits per heavy atom. The number of hydrogen-bond donors (Lipinski definition) is 0. The third kappa shape index (κ3) is 5.31. The highest BCUT2D eigenvalue weighted by atomic mass is 32.2. The zero-order valence-electron chi connectivity index (χ0n) is 23.7. The number of nitriles is 1. The van der Waals surface area contributed by atoms with Crippen LogP contribution < -0.4 is 4.74 Å². The number of benzene rings is 2. The molecule has 2 aromatic carbocycles. The van der Waals surface area contributed by atoms with Crippen molar-refractivity contribution >= 4 is 37.8 Å². The maximum atomic E-state index is 12.7. The summed E-state index contributed by atoms with van der Waals surface area (Å²) < 4.78 is 40.2. The highest BCUT2D eigenvalue weighted by molar-refractivity contribution is 7.89. The molecule has 12 nitrogen and oxygen atoms in total. The normalized spacial score (nSPS) is 14.8. The molecule has 0 atom stereocenters. The number of carbonyl (C=O) groups excluding carboxylic acids is 1. The Morgan fingerprint density at radius 1 is 1.12 bits per heavy atom. The second-order valence-electron chi connectivity index (χ2n) is 10.5. The molecule has 0 spiro atoms. The highest BCUT2D eigenvalue weighted by Gasteiger charge is 2.49. The minimum Gasteiger partial charge on any atom is -0.497 e. The topological polar surface area (TPSA) is 145 Å². The van der Waals surface area contributed by atoms with Gasteiger partial charge in [-0.25, -0.2) is 18.4 Å². The van der Waals surface area contributed by atoms with Crippen LogP contribution in [0, 0.1) is 11.3 Å². The molecule has 0 N–H and O–H groups in total. The minimum atomic E-state index is -3.35. The van der Waals surface area contributed by atoms with E-state index in [4.69, 9.17) is 9.47 Å². The predicted molar refractivity (Wildman–Crippen MR) is 158 cm³/mol. The molecule has 5 aromatic rings. The van der Waals surface area contributed by atoms with Gasteiger partial charge < -0.3 is 9.47 Å². The Labute approximate surface area is 248 Å². The lowest BCUT2D eigenvalue weighted by Crippen LogP contribution is -2.64. The molecule has 0 radical (unpaired) electrons. The first-order valence-electron chi connectivity index (χ1n) is 13.7. The Balaban J connectivity index is 1.16. The Hall–Kier alpha value is -4.80. The Morgan fingerprint density at radius 3 is 2.67 bits per heavy atom. The minimum absolute atomic E-state index is 0.00462. The number of sulfonamides is 1. The zero-order valence-corrected chi connectivity index (χ0v) is 24.5. The fourth-order valence-electron chi connectivity index (χ4n) is 5.39. The van der Waals surface area contributed by atoms with Crippen molar-refractivity contribution in [2.75, 3.05) is 26.0 Å². The van der Waals surface area contributed by atoms with Gasteiger partial charge >= 0.3 is 5.97 Å². The van der Waals surface area contributed by atoms with Crippen LogP contribution in [0.4, 0.5) is 0 Å². The number of hydrogen-bond acceptors (Lipinski definition) is 9. The molecule has 13 heteroatoms. The molecular formula is C30H29N7O5S. The van der Waals surface area contributed by atoms with E-state index in [1.54, 1.807) is 41.9 Å². The van der Waals surface area contributed by atoms with E-state index in [-0.39, 0.29) is 44.4 Å². The summed E-state index contributed by atoms with van der Waals surface area (Å²) in [6.45, 7) is 1.96. The van der Waals surface area contributed by atoms with Crippen LogP contribution >= 0.6 is 0 Å². The van der Waals surface area contributed by atoms with Crippen LogP contribution in [-0.2, 0) is 38.2 Å². The van der Waals surface area contributed by atoms with Crippen molar-refractivity contribution in [3.63, 3.8) is 0 Å². The summed E-state index contributed by atoms with van der Waals surface area (Å²) in [6, 6.07) is 15.6. The van der Waals surface area contributed by atoms with Crippen LogP contribution in [0.25, 0.3) is 33.1 Å². The molecular weight excluding hydrogens is 570 g/mol. The molecule has 1 saturated heterocycles. The smallest absolute Gasteiger partial charge is 0.311 e. The molecule has 6 rings (SSSR count). The molecule has 4 heterocycles. The van der Waals surface area contributed by atoms with Crippen molar-refractivity contribution in [3.8, 4) is 23.1 Å². The molecule has 43 heavy (non-hydrogen) atoms. The van der Waals surface area contributed by atoms with Crippen molar-refractivity contribution in [2.24, 2.45) is 0 Å². The Kier molecular flexibility index (Phi) is 7.33. The van der Waals surface area contributed by atoms with E-state index in [1.165, 1.54) is 10.6 Å². The molecule has 0 aliphatic carbocycles. The molecule has 3 aromatic heterocycles. The number of esters is 1. The second kappa shape index (κ2) is 11.1. The highest BCUT2D eigenvalue weighted by Crippen LogP contribution is 2.36. The van der Waals surface area contributed by atoms with Crippen LogP contribution in [-0.4, -0.2) is 69.0 Å². The summed E-state index contributed by atoms with van der Waals surface area (Å²) in [5.41, 5.74) is 2.02. The number of rotatable bonds is 10. The lowest BCUT2D eigenvalue weighted by molar-refractivity contribution is -0.146. The van der Waals surface area contributed by atoms with Gasteiger partial charge in [0, 0.05) is 36.4 Å². The molecule has 0 amide bonds. The first kappa shape index (κ1) is 28.3. The number of ether oxygens (including phenoxy) is 2. The van der Waals surface area contributed by atoms with Gasteiger partial charge in [0.05, 0.1) is 43.7 Å². The van der Waals surface area contributed by atoms with Crippen molar-refractivity contribution in [3.05, 3.63) is 72.9 Å². The number of methoxy groups -OCH3 is 1. The van der Waals surface area contributed by atoms with Crippen LogP contribution in [0.15, 0.2) is 67.4 Å². The maximum Gasteiger partial charge on any atom is 0.311 e. The van der Waals surface area contributed by atoms with E-state index in [2.05, 4.69) is 21.1 Å². The molecule has 1 aliphatic heterocycles. The number of aromatic nitrogens is 5. The van der Waals surface area contributed by atoms with Gasteiger partial charge in [0.1, 0.15) is 23.3 Å². The average Bonchev–Trinajstić information content (AvgIpc) is 3.65. The zero-order chi connectivity index (χ0) is 30.2. The van der Waals surface area contributed by atoms with Crippen LogP contribution in [0.5, 0.6) is 5.75 Å². The summed E-state index contributed by atoms with van der Waals surface area (Å²) in [5, 5.41) is 16.7. The molecule has 0 unspecified atom stereocenters. The van der Waals surface area contributed by atoms with Crippen molar-refractivity contribution in [2.45, 2.75) is 32.0 Å². The standard InChI is InChI=1S/C30H29N7O5S/c1-3-43(39,40)36-17-30(18-36,9-10-31)37-16-24(15-34-37)28-26-8-11-35(29(26)33-19-32-28)20-42-27(38)13-21-4-5-23-14-25(41-2)7-6-22(23)12-21/h4-8,11-12,14-16,19H,3,9,13,17-18,20H2,1-2H3. The van der Waals surface area contributed by atoms with Crippen molar-refractivity contribution in [1.29, 1.82) is 5.26 Å². The maximum absolute atomic E-state index is 12.7. The summed E-state index contributed by atoms with van der Waals surface area (Å²) in [5.74, 6) is 0.412. The molecule has 1 fully saturated rings. The molecule has 0 saturated carbocycles. The summed E-state index contributed by atoms with van der Waals surface area (Å²) in [4.78, 5) is 21.6. The van der Waals surface area contributed by atoms with Gasteiger partial charge in [-0.1, -0.05) is 24.3 Å². The molecule has 220 valence electrons. The number of nitrogens with zero attached hydrogens (tertiary/aromatic N) is 7. The second-order valence-corrected chi connectivity index (χ2v) is 12.8. The number of carbonyl (C=O) groups is 1. The van der Waals surface area contributed by atoms with E-state index in [9.17, 15) is 18.5 Å². The monoisotopic (exact) mass is 599 g/mol. The fraction of sp³-hybridized carbons (Fsp3) is 0.300. The van der Waals surface area contributed by atoms with Gasteiger partial charge in [0.15, 0.2) is 6.73 Å². The first-order valence-corrected chi connectivity index (χ1v) is 15.3. The molecule has 1 aliphatic rings. The van der Waals surface area contributed by atoms with Gasteiger partial charge in [-0.3, -0.25) is 14.0 Å². The van der Waals surface area contributed by atoms with Crippen molar-refractivity contribution < 1.29 is 22.7 Å². The van der Waals surface area contributed by atoms with E-state index >= 15 is 0 Å². The fourth-order valence-corrected chi connectivity index (χ4v) is 6.63. The SMILES string of the molecule is CCS(=O)(=O)N1CC(CC#N)(n2cc(-c3ncnc4c3ccn4COC(=O)Cc3ccc4cc(OC)ccc4c3)cn2)C1. The van der Waals surface area contributed by atoms with Gasteiger partial charge in [-0.2, -0.15) is 14.7 Å². The van der Waals surface area contributed by atoms with Crippen LogP contribution in [0.3, 0.4) is 0 Å². The first-order chi connectivity index (χ1) is 20.7. The number of fused-ring (bicyclic) bond motifs is 2. The van der Waals surface area contributed by atoms with Crippen LogP contribution in [0.2, 0.25) is 0 Å². The third-order valence-electron chi connectivity index (χ3n) is 7.83. The van der Waals surface area contributed by atoms with E-state index in [0.29, 0.717) is 16.9 Å². The predicted octanol–water partition coefficient (Wildman–Crippen LogP) is 3.47. The van der Waals surface area contributed by atoms with Gasteiger partial charge in [-0.05, 0) is 41.5 Å². The largest absolute Gasteiger partial charge is 0.497 e. The lowest BCUT2D eigenvalue weighted by atomic mass is 9.89. The summed E-state index contributed by atoms with van der Waals surface area (Å²) in [7, 11) is -1.73. The van der Waals surface area contributed by atoms with Gasteiger partial charge in [0.25, 0.3) is 0 Å². The molecule has 0 bridgehead atoms. The third-order valence-corrected chi connectivity index (χ3v) is 9.61. The lowest BCUT2D eigenvalue weighted by Gasteiger charge is -2.47. The quantitative estimate of drug-likeness (QED) is 0.220. The van der Waals surface area contributed by atoms with Crippen molar-refractivity contribution in [1.82, 2.24) is 28.6 Å². The summed E-state index contributed by atoms with van der Waals surface area (Å²) in [6.07, 6.45) is 6.89. The summed E-state index contributed by atoms with van der Waals surface area (Å²) >= 11 is 0. The van der Waals surface area contributed by atoms with E-state index in [1.807, 2.05) is 42.5 Å². The van der Waals surface area contributed by atoms with E-state index in [0.717, 1.165) is 27.5 Å². The van der Waals surface area contributed by atoms with Crippen LogP contribution in [0.1, 0.15) is 18.9 Å².